The molecule has 1 aromatic rings. The van der Waals surface area contributed by atoms with E-state index in [9.17, 15) is 0 Å². The van der Waals surface area contributed by atoms with Gasteiger partial charge in [0, 0.05) is 19.1 Å². The molecule has 1 saturated heterocycles. The molecule has 0 saturated carbocycles. The van der Waals surface area contributed by atoms with Gasteiger partial charge >= 0.3 is 0 Å². The molecule has 1 aliphatic heterocycles. The second kappa shape index (κ2) is 4.04. The fourth-order valence-corrected chi connectivity index (χ4v) is 2.09. The molecule has 0 amide bonds. The van der Waals surface area contributed by atoms with Gasteiger partial charge in [0.25, 0.3) is 0 Å². The van der Waals surface area contributed by atoms with Crippen molar-refractivity contribution in [3.8, 4) is 6.07 Å². The van der Waals surface area contributed by atoms with Crippen molar-refractivity contribution in [1.29, 1.82) is 5.26 Å². The molecule has 0 radical (unpaired) electrons. The summed E-state index contributed by atoms with van der Waals surface area (Å²) in [5.74, 6) is 0.809. The quantitative estimate of drug-likeness (QED) is 0.733. The van der Waals surface area contributed by atoms with Crippen molar-refractivity contribution in [3.63, 3.8) is 0 Å². The lowest BCUT2D eigenvalue weighted by atomic mass is 9.91. The molecule has 78 valence electrons. The molecule has 0 aliphatic carbocycles. The highest BCUT2D eigenvalue weighted by Gasteiger charge is 2.31. The average molecular weight is 200 g/mol. The van der Waals surface area contributed by atoms with Crippen LogP contribution in [0, 0.1) is 17.2 Å². The predicted molar refractivity (Wildman–Crippen MR) is 60.2 cm³/mol. The summed E-state index contributed by atoms with van der Waals surface area (Å²) >= 11 is 0. The first-order valence-electron chi connectivity index (χ1n) is 5.44. The van der Waals surface area contributed by atoms with Crippen molar-refractivity contribution < 1.29 is 0 Å². The van der Waals surface area contributed by atoms with Gasteiger partial charge in [0.05, 0.1) is 11.6 Å². The first kappa shape index (κ1) is 10.2. The van der Waals surface area contributed by atoms with E-state index in [1.807, 2.05) is 18.2 Å². The van der Waals surface area contributed by atoms with E-state index < -0.39 is 0 Å². The summed E-state index contributed by atoms with van der Waals surface area (Å²) in [5, 5.41) is 8.80. The van der Waals surface area contributed by atoms with E-state index >= 15 is 0 Å². The molecule has 0 spiro atoms. The predicted octanol–water partition coefficient (Wildman–Crippen LogP) is 2.40. The maximum Gasteiger partial charge on any atom is 0.0991 e. The van der Waals surface area contributed by atoms with Crippen LogP contribution in [-0.4, -0.2) is 17.5 Å². The molecule has 0 N–H and O–H groups in total. The second-order valence-corrected chi connectivity index (χ2v) is 4.46. The van der Waals surface area contributed by atoms with Crippen LogP contribution in [0.2, 0.25) is 0 Å². The Kier molecular flexibility index (Phi) is 2.75. The number of likely N-dealkylation sites (tertiary alicyclic amines) is 1. The van der Waals surface area contributed by atoms with Crippen molar-refractivity contribution >= 4 is 0 Å². The van der Waals surface area contributed by atoms with Gasteiger partial charge in [-0.3, -0.25) is 4.90 Å². The molecule has 1 fully saturated rings. The van der Waals surface area contributed by atoms with Gasteiger partial charge in [-0.25, -0.2) is 0 Å². The van der Waals surface area contributed by atoms with Crippen LogP contribution in [0.4, 0.5) is 0 Å². The van der Waals surface area contributed by atoms with Gasteiger partial charge in [0.2, 0.25) is 0 Å². The minimum Gasteiger partial charge on any atom is -0.296 e. The van der Waals surface area contributed by atoms with Crippen molar-refractivity contribution in [2.75, 3.05) is 6.54 Å². The average Bonchev–Trinajstić information content (AvgIpc) is 2.28. The van der Waals surface area contributed by atoms with Gasteiger partial charge in [-0.1, -0.05) is 19.1 Å². The zero-order valence-electron chi connectivity index (χ0n) is 9.27. The standard InChI is InChI=1S/C13H16N2/c1-10-8-15(11(10)2)9-13-5-3-4-12(6-13)7-14/h3-6,10-11H,8-9H2,1-2H3/t10-,11-/m1/s1. The lowest BCUT2D eigenvalue weighted by Crippen LogP contribution is -2.52. The van der Waals surface area contributed by atoms with Crippen LogP contribution >= 0.6 is 0 Å². The zero-order valence-corrected chi connectivity index (χ0v) is 9.27. The highest BCUT2D eigenvalue weighted by molar-refractivity contribution is 5.32. The molecule has 0 aromatic heterocycles. The lowest BCUT2D eigenvalue weighted by Gasteiger charge is -2.45. The van der Waals surface area contributed by atoms with Crippen LogP contribution < -0.4 is 0 Å². The molecule has 1 aromatic carbocycles. The van der Waals surface area contributed by atoms with Gasteiger partial charge in [-0.2, -0.15) is 5.26 Å². The Morgan fingerprint density at radius 1 is 1.47 bits per heavy atom. The third kappa shape index (κ3) is 2.03. The molecular formula is C13H16N2. The Morgan fingerprint density at radius 2 is 2.27 bits per heavy atom. The normalized spacial score (nSPS) is 25.7. The molecule has 2 heteroatoms. The summed E-state index contributed by atoms with van der Waals surface area (Å²) in [6.45, 7) is 6.70. The second-order valence-electron chi connectivity index (χ2n) is 4.46. The summed E-state index contributed by atoms with van der Waals surface area (Å²) in [4.78, 5) is 2.45. The van der Waals surface area contributed by atoms with Crippen molar-refractivity contribution in [1.82, 2.24) is 4.90 Å². The molecule has 0 bridgehead atoms. The molecule has 0 unspecified atom stereocenters. The van der Waals surface area contributed by atoms with Gasteiger partial charge < -0.3 is 0 Å². The van der Waals surface area contributed by atoms with Crippen LogP contribution in [0.15, 0.2) is 24.3 Å². The number of nitrogens with zero attached hydrogens (tertiary/aromatic N) is 2. The third-order valence-corrected chi connectivity index (χ3v) is 3.36. The largest absolute Gasteiger partial charge is 0.296 e. The Labute approximate surface area is 91.1 Å². The van der Waals surface area contributed by atoms with E-state index in [4.69, 9.17) is 5.26 Å². The molecular weight excluding hydrogens is 184 g/mol. The molecule has 2 nitrogen and oxygen atoms in total. The number of benzene rings is 1. The van der Waals surface area contributed by atoms with Gasteiger partial charge in [0.1, 0.15) is 0 Å². The number of rotatable bonds is 2. The maximum absolute atomic E-state index is 8.80. The van der Waals surface area contributed by atoms with Gasteiger partial charge in [0.15, 0.2) is 0 Å². The van der Waals surface area contributed by atoms with Crippen LogP contribution in [0.1, 0.15) is 25.0 Å². The maximum atomic E-state index is 8.80. The highest BCUT2D eigenvalue weighted by atomic mass is 15.2. The molecule has 1 aliphatic rings. The minimum absolute atomic E-state index is 0.677. The number of hydrogen-bond acceptors (Lipinski definition) is 2. The fourth-order valence-electron chi connectivity index (χ4n) is 2.09. The Morgan fingerprint density at radius 3 is 2.87 bits per heavy atom. The summed E-state index contributed by atoms with van der Waals surface area (Å²) in [5.41, 5.74) is 2.00. The van der Waals surface area contributed by atoms with Crippen molar-refractivity contribution in [2.24, 2.45) is 5.92 Å². The van der Waals surface area contributed by atoms with E-state index in [0.717, 1.165) is 18.0 Å². The summed E-state index contributed by atoms with van der Waals surface area (Å²) in [6.07, 6.45) is 0. The lowest BCUT2D eigenvalue weighted by molar-refractivity contribution is 0.0306. The van der Waals surface area contributed by atoms with Gasteiger partial charge in [-0.05, 0) is 30.5 Å². The van der Waals surface area contributed by atoms with Crippen molar-refractivity contribution in [3.05, 3.63) is 35.4 Å². The zero-order chi connectivity index (χ0) is 10.8. The molecule has 1 heterocycles. The van der Waals surface area contributed by atoms with E-state index in [1.54, 1.807) is 0 Å². The topological polar surface area (TPSA) is 27.0 Å². The molecule has 2 rings (SSSR count). The van der Waals surface area contributed by atoms with Crippen molar-refractivity contribution in [2.45, 2.75) is 26.4 Å². The SMILES string of the molecule is C[C@@H]1CN(Cc2cccc(C#N)c2)[C@@H]1C. The van der Waals surface area contributed by atoms with E-state index in [-0.39, 0.29) is 0 Å². The van der Waals surface area contributed by atoms with Crippen LogP contribution in [-0.2, 0) is 6.54 Å². The van der Waals surface area contributed by atoms with E-state index in [0.29, 0.717) is 6.04 Å². The highest BCUT2D eigenvalue weighted by Crippen LogP contribution is 2.25. The van der Waals surface area contributed by atoms with Crippen LogP contribution in [0.25, 0.3) is 0 Å². The first-order valence-corrected chi connectivity index (χ1v) is 5.44. The first-order chi connectivity index (χ1) is 7.20. The number of hydrogen-bond donors (Lipinski definition) is 0. The van der Waals surface area contributed by atoms with Crippen LogP contribution in [0.3, 0.4) is 0 Å². The Bertz CT molecular complexity index is 392. The monoisotopic (exact) mass is 200 g/mol. The van der Waals surface area contributed by atoms with E-state index in [2.05, 4.69) is 30.9 Å². The third-order valence-electron chi connectivity index (χ3n) is 3.36. The summed E-state index contributed by atoms with van der Waals surface area (Å²) < 4.78 is 0. The smallest absolute Gasteiger partial charge is 0.0991 e. The Balaban J connectivity index is 2.03. The fraction of sp³-hybridized carbons (Fsp3) is 0.462. The minimum atomic E-state index is 0.677. The van der Waals surface area contributed by atoms with Gasteiger partial charge in [-0.15, -0.1) is 0 Å². The summed E-state index contributed by atoms with van der Waals surface area (Å²) in [7, 11) is 0. The number of nitriles is 1. The molecule has 15 heavy (non-hydrogen) atoms. The Hall–Kier alpha value is -1.33. The van der Waals surface area contributed by atoms with E-state index in [1.165, 1.54) is 12.1 Å². The summed E-state index contributed by atoms with van der Waals surface area (Å²) in [6, 6.07) is 10.7. The van der Waals surface area contributed by atoms with Crippen LogP contribution in [0.5, 0.6) is 0 Å². The molecule has 2 atom stereocenters.